The standard InChI is InChI=1S/C10H17N3O4S/c11-12-9-1-3-10(4-2-9)18(16,17)13(5-7-14)6-8-15/h1-4,12,14-15H,5-8,11H2. The Hall–Kier alpha value is -1.19. The van der Waals surface area contributed by atoms with Crippen LogP contribution in [0.1, 0.15) is 0 Å². The number of nitrogens with one attached hydrogen (secondary N) is 1. The molecule has 0 fully saturated rings. The lowest BCUT2D eigenvalue weighted by molar-refractivity contribution is 0.217. The molecule has 0 bridgehead atoms. The zero-order chi connectivity index (χ0) is 13.6. The van der Waals surface area contributed by atoms with Gasteiger partial charge in [-0.05, 0) is 24.3 Å². The molecule has 1 aromatic rings. The second-order valence-corrected chi connectivity index (χ2v) is 5.46. The van der Waals surface area contributed by atoms with Crippen molar-refractivity contribution in [3.8, 4) is 0 Å². The monoisotopic (exact) mass is 275 g/mol. The van der Waals surface area contributed by atoms with Crippen molar-refractivity contribution in [2.75, 3.05) is 31.7 Å². The van der Waals surface area contributed by atoms with Gasteiger partial charge in [-0.25, -0.2) is 8.42 Å². The van der Waals surface area contributed by atoms with Crippen LogP contribution in [-0.2, 0) is 10.0 Å². The highest BCUT2D eigenvalue weighted by Crippen LogP contribution is 2.17. The van der Waals surface area contributed by atoms with E-state index < -0.39 is 10.0 Å². The Bertz CT molecular complexity index is 455. The molecule has 102 valence electrons. The number of nitrogen functional groups attached to an aromatic ring is 1. The molecule has 0 amide bonds. The molecule has 18 heavy (non-hydrogen) atoms. The van der Waals surface area contributed by atoms with E-state index >= 15 is 0 Å². The van der Waals surface area contributed by atoms with Crippen LogP contribution in [0.2, 0.25) is 0 Å². The molecule has 1 rings (SSSR count). The molecule has 0 unspecified atom stereocenters. The summed E-state index contributed by atoms with van der Waals surface area (Å²) >= 11 is 0. The van der Waals surface area contributed by atoms with Crippen molar-refractivity contribution in [3.63, 3.8) is 0 Å². The molecule has 0 aliphatic rings. The molecule has 0 radical (unpaired) electrons. The van der Waals surface area contributed by atoms with Gasteiger partial charge in [-0.2, -0.15) is 4.31 Å². The Kier molecular flexibility index (Phi) is 5.51. The summed E-state index contributed by atoms with van der Waals surface area (Å²) in [6.45, 7) is -0.719. The molecule has 1 aromatic carbocycles. The second kappa shape index (κ2) is 6.66. The maximum absolute atomic E-state index is 12.2. The lowest BCUT2D eigenvalue weighted by atomic mass is 10.3. The number of benzene rings is 1. The third-order valence-electron chi connectivity index (χ3n) is 2.36. The SMILES string of the molecule is NNc1ccc(S(=O)(=O)N(CCO)CCO)cc1. The topological polar surface area (TPSA) is 116 Å². The van der Waals surface area contributed by atoms with Gasteiger partial charge < -0.3 is 15.6 Å². The van der Waals surface area contributed by atoms with Crippen molar-refractivity contribution in [2.24, 2.45) is 5.84 Å². The van der Waals surface area contributed by atoms with Crippen LogP contribution < -0.4 is 11.3 Å². The Morgan fingerprint density at radius 3 is 2.00 bits per heavy atom. The molecular formula is C10H17N3O4S. The van der Waals surface area contributed by atoms with E-state index in [0.717, 1.165) is 4.31 Å². The third kappa shape index (κ3) is 3.40. The molecule has 7 nitrogen and oxygen atoms in total. The fourth-order valence-electron chi connectivity index (χ4n) is 1.45. The molecular weight excluding hydrogens is 258 g/mol. The highest BCUT2D eigenvalue weighted by molar-refractivity contribution is 7.89. The van der Waals surface area contributed by atoms with Crippen LogP contribution in [0.15, 0.2) is 29.2 Å². The van der Waals surface area contributed by atoms with Crippen molar-refractivity contribution in [3.05, 3.63) is 24.3 Å². The minimum absolute atomic E-state index is 0.0558. The highest BCUT2D eigenvalue weighted by Gasteiger charge is 2.23. The quantitative estimate of drug-likeness (QED) is 0.373. The lowest BCUT2D eigenvalue weighted by Gasteiger charge is -2.20. The van der Waals surface area contributed by atoms with Crippen molar-refractivity contribution >= 4 is 15.7 Å². The van der Waals surface area contributed by atoms with Gasteiger partial charge in [0.1, 0.15) is 0 Å². The predicted octanol–water partition coefficient (Wildman–Crippen LogP) is -1.05. The van der Waals surface area contributed by atoms with E-state index in [2.05, 4.69) is 5.43 Å². The van der Waals surface area contributed by atoms with Gasteiger partial charge in [0.25, 0.3) is 0 Å². The van der Waals surface area contributed by atoms with Crippen LogP contribution in [0.25, 0.3) is 0 Å². The zero-order valence-electron chi connectivity index (χ0n) is 9.78. The minimum atomic E-state index is -3.71. The van der Waals surface area contributed by atoms with E-state index in [1.807, 2.05) is 0 Å². The Morgan fingerprint density at radius 1 is 1.11 bits per heavy atom. The van der Waals surface area contributed by atoms with Crippen molar-refractivity contribution < 1.29 is 18.6 Å². The van der Waals surface area contributed by atoms with E-state index in [1.165, 1.54) is 24.3 Å². The van der Waals surface area contributed by atoms with Gasteiger partial charge in [-0.15, -0.1) is 0 Å². The summed E-state index contributed by atoms with van der Waals surface area (Å²) < 4.78 is 25.4. The van der Waals surface area contributed by atoms with Crippen LogP contribution in [0, 0.1) is 0 Å². The molecule has 0 aliphatic heterocycles. The molecule has 0 aliphatic carbocycles. The third-order valence-corrected chi connectivity index (χ3v) is 4.27. The number of aliphatic hydroxyl groups excluding tert-OH is 2. The largest absolute Gasteiger partial charge is 0.395 e. The molecule has 0 saturated heterocycles. The summed E-state index contributed by atoms with van der Waals surface area (Å²) in [5.74, 6) is 5.19. The lowest BCUT2D eigenvalue weighted by Crippen LogP contribution is -2.35. The molecule has 0 spiro atoms. The average molecular weight is 275 g/mol. The summed E-state index contributed by atoms with van der Waals surface area (Å²) in [4.78, 5) is 0.0865. The number of aliphatic hydroxyl groups is 2. The van der Waals surface area contributed by atoms with Crippen molar-refractivity contribution in [1.82, 2.24) is 4.31 Å². The fraction of sp³-hybridized carbons (Fsp3) is 0.400. The first-order valence-corrected chi connectivity index (χ1v) is 6.79. The number of nitrogens with zero attached hydrogens (tertiary/aromatic N) is 1. The van der Waals surface area contributed by atoms with Crippen LogP contribution in [0.5, 0.6) is 0 Å². The fourth-order valence-corrected chi connectivity index (χ4v) is 2.87. The molecule has 0 aromatic heterocycles. The number of rotatable bonds is 7. The summed E-state index contributed by atoms with van der Waals surface area (Å²) in [5.41, 5.74) is 2.98. The Labute approximate surface area is 106 Å². The molecule has 0 atom stereocenters. The molecule has 8 heteroatoms. The zero-order valence-corrected chi connectivity index (χ0v) is 10.6. The van der Waals surface area contributed by atoms with Crippen molar-refractivity contribution in [2.45, 2.75) is 4.90 Å². The number of hydrogen-bond donors (Lipinski definition) is 4. The van der Waals surface area contributed by atoms with E-state index in [4.69, 9.17) is 16.1 Å². The first kappa shape index (κ1) is 14.9. The van der Waals surface area contributed by atoms with Crippen LogP contribution >= 0.6 is 0 Å². The summed E-state index contributed by atoms with van der Waals surface area (Å²) in [6.07, 6.45) is 0. The number of sulfonamides is 1. The van der Waals surface area contributed by atoms with Crippen LogP contribution in [0.4, 0.5) is 5.69 Å². The molecule has 5 N–H and O–H groups in total. The number of hydrogen-bond acceptors (Lipinski definition) is 6. The van der Waals surface area contributed by atoms with E-state index in [1.54, 1.807) is 0 Å². The van der Waals surface area contributed by atoms with E-state index in [-0.39, 0.29) is 31.2 Å². The van der Waals surface area contributed by atoms with Gasteiger partial charge in [0.05, 0.1) is 18.1 Å². The maximum Gasteiger partial charge on any atom is 0.243 e. The first-order chi connectivity index (χ1) is 8.56. The Balaban J connectivity index is 3.01. The van der Waals surface area contributed by atoms with Crippen LogP contribution in [-0.4, -0.2) is 49.2 Å². The van der Waals surface area contributed by atoms with Gasteiger partial charge in [-0.1, -0.05) is 0 Å². The highest BCUT2D eigenvalue weighted by atomic mass is 32.2. The minimum Gasteiger partial charge on any atom is -0.395 e. The summed E-state index contributed by atoms with van der Waals surface area (Å²) in [6, 6.07) is 5.88. The number of anilines is 1. The first-order valence-electron chi connectivity index (χ1n) is 5.34. The van der Waals surface area contributed by atoms with Gasteiger partial charge >= 0.3 is 0 Å². The van der Waals surface area contributed by atoms with Crippen molar-refractivity contribution in [1.29, 1.82) is 0 Å². The van der Waals surface area contributed by atoms with Crippen LogP contribution in [0.3, 0.4) is 0 Å². The number of hydrazine groups is 1. The normalized spacial score (nSPS) is 11.8. The van der Waals surface area contributed by atoms with Gasteiger partial charge in [-0.3, -0.25) is 5.84 Å². The van der Waals surface area contributed by atoms with E-state index in [0.29, 0.717) is 5.69 Å². The second-order valence-electron chi connectivity index (χ2n) is 3.52. The predicted molar refractivity (Wildman–Crippen MR) is 67.2 cm³/mol. The molecule has 0 saturated carbocycles. The van der Waals surface area contributed by atoms with E-state index in [9.17, 15) is 8.42 Å². The van der Waals surface area contributed by atoms with Gasteiger partial charge in [0.15, 0.2) is 0 Å². The number of nitrogens with two attached hydrogens (primary N) is 1. The summed E-state index contributed by atoms with van der Waals surface area (Å²) in [7, 11) is -3.71. The van der Waals surface area contributed by atoms with Gasteiger partial charge in [0.2, 0.25) is 10.0 Å². The Morgan fingerprint density at radius 2 is 1.61 bits per heavy atom. The maximum atomic E-state index is 12.2. The smallest absolute Gasteiger partial charge is 0.243 e. The average Bonchev–Trinajstić information content (AvgIpc) is 2.38. The van der Waals surface area contributed by atoms with Gasteiger partial charge in [0, 0.05) is 18.8 Å². The molecule has 0 heterocycles. The summed E-state index contributed by atoms with van der Waals surface area (Å²) in [5, 5.41) is 17.7.